The maximum atomic E-state index is 13.3. The Labute approximate surface area is 211 Å². The van der Waals surface area contributed by atoms with Crippen LogP contribution in [-0.2, 0) is 13.2 Å². The van der Waals surface area contributed by atoms with Crippen molar-refractivity contribution in [3.8, 4) is 17.1 Å². The van der Waals surface area contributed by atoms with Crippen LogP contribution in [0.2, 0.25) is 0 Å². The van der Waals surface area contributed by atoms with Gasteiger partial charge in [-0.1, -0.05) is 6.07 Å². The number of nitrogens with one attached hydrogen (secondary N) is 3. The minimum atomic E-state index is -4.64. The number of ether oxygens (including phenoxy) is 1. The highest BCUT2D eigenvalue weighted by Crippen LogP contribution is 2.37. The molecule has 1 aromatic carbocycles. The van der Waals surface area contributed by atoms with E-state index in [1.165, 1.54) is 13.2 Å². The number of hydrogen-bond acceptors (Lipinski definition) is 8. The summed E-state index contributed by atoms with van der Waals surface area (Å²) in [5.74, 6) is -1.51. The molecule has 0 aliphatic rings. The van der Waals surface area contributed by atoms with Gasteiger partial charge >= 0.3 is 6.18 Å². The van der Waals surface area contributed by atoms with Crippen molar-refractivity contribution in [1.29, 1.82) is 0 Å². The van der Waals surface area contributed by atoms with Gasteiger partial charge in [0.15, 0.2) is 23.2 Å². The van der Waals surface area contributed by atoms with Crippen molar-refractivity contribution in [3.63, 3.8) is 0 Å². The van der Waals surface area contributed by atoms with Gasteiger partial charge in [0, 0.05) is 36.5 Å². The number of carbonyl (C=O) groups is 1. The molecule has 192 valence electrons. The first-order valence-corrected chi connectivity index (χ1v) is 10.4. The van der Waals surface area contributed by atoms with E-state index < -0.39 is 30.6 Å². The molecule has 1 amide bonds. The zero-order chi connectivity index (χ0) is 29.2. The molecule has 0 aliphatic heterocycles. The number of hydrogen-bond donors (Lipinski definition) is 3. The van der Waals surface area contributed by atoms with Gasteiger partial charge in [-0.15, -0.1) is 0 Å². The van der Waals surface area contributed by atoms with Gasteiger partial charge in [0.2, 0.25) is 0 Å². The second-order valence-corrected chi connectivity index (χ2v) is 7.47. The number of carbonyl (C=O) groups excluding carboxylic acids is 1. The van der Waals surface area contributed by atoms with Crippen molar-refractivity contribution >= 4 is 28.9 Å². The van der Waals surface area contributed by atoms with Crippen LogP contribution >= 0.6 is 0 Å². The maximum Gasteiger partial charge on any atom is 0.433 e. The lowest BCUT2D eigenvalue weighted by Crippen LogP contribution is -2.19. The largest absolute Gasteiger partial charge is 0.494 e. The molecule has 0 spiro atoms. The highest BCUT2D eigenvalue weighted by Gasteiger charge is 2.35. The van der Waals surface area contributed by atoms with Crippen LogP contribution in [0.15, 0.2) is 48.9 Å². The molecule has 14 heteroatoms. The van der Waals surface area contributed by atoms with Crippen LogP contribution in [0, 0.1) is 5.82 Å². The van der Waals surface area contributed by atoms with Crippen LogP contribution in [0.4, 0.5) is 40.6 Å². The number of halogens is 4. The molecular weight excluding hydrogens is 496 g/mol. The van der Waals surface area contributed by atoms with Gasteiger partial charge in [-0.3, -0.25) is 9.48 Å². The predicted molar refractivity (Wildman–Crippen MR) is 126 cm³/mol. The number of para-hydroxylation sites is 1. The number of nitrogens with zero attached hydrogens (tertiary/aromatic N) is 5. The van der Waals surface area contributed by atoms with Crippen LogP contribution < -0.4 is 20.7 Å². The van der Waals surface area contributed by atoms with Crippen molar-refractivity contribution in [3.05, 3.63) is 66.0 Å². The third-order valence-corrected chi connectivity index (χ3v) is 5.04. The standard InChI is InChI=1S/C23H20F4N8O2/c1-28-22(36)14-11-29-18(33-19-8-17(23(25,26)27)35(2)34-19)7-16(14)32-15-6-4-5-13(20(15)37-3)21-30-9-12(24)10-31-21/h4-11H,1-3H3,(H,28,36)(H2,29,32,33,34)/i1D3. The maximum absolute atomic E-state index is 13.3. The molecule has 0 radical (unpaired) electrons. The zero-order valence-electron chi connectivity index (χ0n) is 22.2. The number of amides is 1. The Kier molecular flexibility index (Phi) is 5.87. The number of rotatable bonds is 7. The molecule has 0 saturated heterocycles. The van der Waals surface area contributed by atoms with Gasteiger partial charge in [-0.2, -0.15) is 18.3 Å². The van der Waals surface area contributed by atoms with Crippen LogP contribution in [-0.4, -0.2) is 44.7 Å². The lowest BCUT2D eigenvalue weighted by atomic mass is 10.1. The minimum Gasteiger partial charge on any atom is -0.494 e. The van der Waals surface area contributed by atoms with Crippen LogP contribution in [0.25, 0.3) is 11.4 Å². The first kappa shape index (κ1) is 21.5. The molecule has 0 unspecified atom stereocenters. The second-order valence-electron chi connectivity index (χ2n) is 7.47. The van der Waals surface area contributed by atoms with E-state index in [9.17, 15) is 22.4 Å². The Bertz CT molecular complexity index is 1540. The fourth-order valence-electron chi connectivity index (χ4n) is 3.43. The van der Waals surface area contributed by atoms with Gasteiger partial charge < -0.3 is 20.7 Å². The summed E-state index contributed by atoms with van der Waals surface area (Å²) in [4.78, 5) is 24.7. The molecule has 3 N–H and O–H groups in total. The van der Waals surface area contributed by atoms with E-state index in [1.54, 1.807) is 18.2 Å². The average molecular weight is 519 g/mol. The molecule has 0 bridgehead atoms. The Morgan fingerprint density at radius 1 is 1.05 bits per heavy atom. The Morgan fingerprint density at radius 2 is 1.81 bits per heavy atom. The number of anilines is 4. The molecule has 37 heavy (non-hydrogen) atoms. The molecular formula is C23H20F4N8O2. The van der Waals surface area contributed by atoms with Gasteiger partial charge in [0.1, 0.15) is 11.5 Å². The summed E-state index contributed by atoms with van der Waals surface area (Å²) in [7, 11) is 2.48. The number of pyridine rings is 1. The van der Waals surface area contributed by atoms with Crippen LogP contribution in [0.1, 0.15) is 20.2 Å². The van der Waals surface area contributed by atoms with E-state index >= 15 is 0 Å². The first-order valence-electron chi connectivity index (χ1n) is 11.9. The first-order chi connectivity index (χ1) is 18.7. The van der Waals surface area contributed by atoms with Crippen LogP contribution in [0.5, 0.6) is 5.75 Å². The van der Waals surface area contributed by atoms with Gasteiger partial charge in [-0.05, 0) is 12.1 Å². The summed E-state index contributed by atoms with van der Waals surface area (Å²) in [6, 6.07) is 6.83. The quantitative estimate of drug-likeness (QED) is 0.310. The Hall–Kier alpha value is -4.75. The molecule has 4 rings (SSSR count). The third kappa shape index (κ3) is 5.42. The summed E-state index contributed by atoms with van der Waals surface area (Å²) in [5.41, 5.74) is -0.566. The summed E-state index contributed by atoms with van der Waals surface area (Å²) >= 11 is 0. The normalized spacial score (nSPS) is 12.8. The Morgan fingerprint density at radius 3 is 2.46 bits per heavy atom. The third-order valence-electron chi connectivity index (χ3n) is 5.04. The number of aromatic nitrogens is 5. The molecule has 0 aliphatic carbocycles. The zero-order valence-corrected chi connectivity index (χ0v) is 19.2. The van der Waals surface area contributed by atoms with Crippen molar-refractivity contribution in [1.82, 2.24) is 30.0 Å². The predicted octanol–water partition coefficient (Wildman–Crippen LogP) is 4.29. The lowest BCUT2D eigenvalue weighted by molar-refractivity contribution is -0.143. The Balaban J connectivity index is 1.75. The smallest absolute Gasteiger partial charge is 0.433 e. The van der Waals surface area contributed by atoms with E-state index in [-0.39, 0.29) is 40.1 Å². The monoisotopic (exact) mass is 519 g/mol. The van der Waals surface area contributed by atoms with E-state index in [0.717, 1.165) is 31.7 Å². The molecule has 0 atom stereocenters. The summed E-state index contributed by atoms with van der Waals surface area (Å²) in [6.07, 6.45) is -1.66. The molecule has 3 heterocycles. The number of methoxy groups -OCH3 is 1. The van der Waals surface area contributed by atoms with E-state index in [0.29, 0.717) is 10.2 Å². The topological polar surface area (TPSA) is 119 Å². The molecule has 4 aromatic rings. The van der Waals surface area contributed by atoms with E-state index in [1.807, 2.05) is 5.32 Å². The second kappa shape index (κ2) is 10.1. The number of alkyl halides is 3. The average Bonchev–Trinajstić information content (AvgIpc) is 3.24. The van der Waals surface area contributed by atoms with Gasteiger partial charge in [0.05, 0.1) is 42.0 Å². The SMILES string of the molecule is [2H]C([2H])([2H])NC(=O)c1cnc(Nc2cc(C(F)(F)F)n(C)n2)cc1Nc1cccc(-c2ncc(F)cn2)c1OC. The fraction of sp³-hybridized carbons (Fsp3) is 0.174. The summed E-state index contributed by atoms with van der Waals surface area (Å²) in [6.45, 7) is -2.81. The highest BCUT2D eigenvalue weighted by atomic mass is 19.4. The van der Waals surface area contributed by atoms with Gasteiger partial charge in [0.25, 0.3) is 5.91 Å². The van der Waals surface area contributed by atoms with E-state index in [2.05, 4.69) is 30.7 Å². The fourth-order valence-corrected chi connectivity index (χ4v) is 3.43. The molecule has 0 saturated carbocycles. The molecule has 10 nitrogen and oxygen atoms in total. The molecule has 0 fully saturated rings. The van der Waals surface area contributed by atoms with E-state index in [4.69, 9.17) is 8.85 Å². The molecule has 3 aromatic heterocycles. The minimum absolute atomic E-state index is 0.0155. The van der Waals surface area contributed by atoms with Crippen molar-refractivity contribution in [2.75, 3.05) is 24.7 Å². The summed E-state index contributed by atoms with van der Waals surface area (Å²) < 4.78 is 81.1. The van der Waals surface area contributed by atoms with Crippen molar-refractivity contribution in [2.45, 2.75) is 6.18 Å². The van der Waals surface area contributed by atoms with Crippen molar-refractivity contribution < 1.29 is 31.2 Å². The van der Waals surface area contributed by atoms with Crippen molar-refractivity contribution in [2.24, 2.45) is 7.05 Å². The lowest BCUT2D eigenvalue weighted by Gasteiger charge is -2.17. The highest BCUT2D eigenvalue weighted by molar-refractivity contribution is 6.00. The summed E-state index contributed by atoms with van der Waals surface area (Å²) in [5, 5.41) is 11.2. The number of aryl methyl sites for hydroxylation is 1. The number of benzene rings is 1. The van der Waals surface area contributed by atoms with Gasteiger partial charge in [-0.25, -0.2) is 19.3 Å². The van der Waals surface area contributed by atoms with Crippen LogP contribution in [0.3, 0.4) is 0 Å².